The first kappa shape index (κ1) is 21.3. The van der Waals surface area contributed by atoms with Gasteiger partial charge in [-0.1, -0.05) is 6.07 Å². The minimum absolute atomic E-state index is 0.0518. The zero-order valence-corrected chi connectivity index (χ0v) is 18.3. The third kappa shape index (κ3) is 3.78. The number of aromatic amines is 1. The molecule has 0 unspecified atom stereocenters. The number of fused-ring (bicyclic) bond motifs is 2. The van der Waals surface area contributed by atoms with Crippen molar-refractivity contribution in [2.24, 2.45) is 0 Å². The molecule has 172 valence electrons. The molecule has 9 heteroatoms. The standard InChI is InChI=1S/C24H27N5O4/c1-28(18-9-16-3-4-17(10-18)29(16)24(32)33)23-7-6-19(21(13-30)27-23)20-5-2-14(8-22(20)31)15-11-25-26-12-15/h2,5-8,11-12,16-18,30-31H,3-4,9-10,13H2,1H3,(H,25,26)(H,32,33)/t16-,17+,18-. The highest BCUT2D eigenvalue weighted by atomic mass is 16.4. The lowest BCUT2D eigenvalue weighted by molar-refractivity contribution is 0.0965. The average molecular weight is 450 g/mol. The molecule has 2 saturated heterocycles. The predicted molar refractivity (Wildman–Crippen MR) is 123 cm³/mol. The number of carboxylic acid groups (broad SMARTS) is 1. The number of aliphatic hydroxyl groups is 1. The van der Waals surface area contributed by atoms with Gasteiger partial charge in [0.05, 0.1) is 18.5 Å². The van der Waals surface area contributed by atoms with Crippen LogP contribution in [0, 0.1) is 0 Å². The quantitative estimate of drug-likeness (QED) is 0.470. The smallest absolute Gasteiger partial charge is 0.407 e. The molecule has 3 atom stereocenters. The fraction of sp³-hybridized carbons (Fsp3) is 0.375. The Balaban J connectivity index is 1.39. The number of nitrogens with one attached hydrogen (secondary N) is 1. The summed E-state index contributed by atoms with van der Waals surface area (Å²) in [7, 11) is 1.97. The number of anilines is 1. The molecule has 2 aromatic heterocycles. The van der Waals surface area contributed by atoms with Crippen molar-refractivity contribution < 1.29 is 20.1 Å². The van der Waals surface area contributed by atoms with E-state index in [1.54, 1.807) is 23.4 Å². The maximum Gasteiger partial charge on any atom is 0.407 e. The molecule has 0 radical (unpaired) electrons. The lowest BCUT2D eigenvalue weighted by Crippen LogP contribution is -2.51. The number of hydrogen-bond donors (Lipinski definition) is 4. The number of amides is 1. The molecule has 2 bridgehead atoms. The van der Waals surface area contributed by atoms with E-state index in [0.717, 1.165) is 42.6 Å². The van der Waals surface area contributed by atoms with Crippen LogP contribution in [0.25, 0.3) is 22.3 Å². The molecule has 3 aromatic rings. The molecular weight excluding hydrogens is 422 g/mol. The van der Waals surface area contributed by atoms with E-state index in [1.807, 2.05) is 31.3 Å². The molecule has 2 fully saturated rings. The Kier molecular flexibility index (Phi) is 5.41. The molecule has 0 spiro atoms. The van der Waals surface area contributed by atoms with Crippen LogP contribution in [0.4, 0.5) is 10.6 Å². The zero-order chi connectivity index (χ0) is 23.1. The summed E-state index contributed by atoms with van der Waals surface area (Å²) in [5.74, 6) is 0.828. The van der Waals surface area contributed by atoms with Crippen LogP contribution >= 0.6 is 0 Å². The van der Waals surface area contributed by atoms with Crippen molar-refractivity contribution in [3.8, 4) is 28.0 Å². The van der Waals surface area contributed by atoms with Crippen molar-refractivity contribution in [2.75, 3.05) is 11.9 Å². The van der Waals surface area contributed by atoms with Gasteiger partial charge >= 0.3 is 6.09 Å². The number of benzene rings is 1. The van der Waals surface area contributed by atoms with E-state index < -0.39 is 6.09 Å². The fourth-order valence-electron chi connectivity index (χ4n) is 5.36. The van der Waals surface area contributed by atoms with Crippen LogP contribution in [0.15, 0.2) is 42.7 Å². The van der Waals surface area contributed by atoms with E-state index >= 15 is 0 Å². The highest BCUT2D eigenvalue weighted by molar-refractivity contribution is 5.77. The Morgan fingerprint density at radius 3 is 2.48 bits per heavy atom. The molecule has 2 aliphatic heterocycles. The number of phenolic OH excluding ortho intramolecular Hbond substituents is 1. The Hall–Kier alpha value is -3.59. The van der Waals surface area contributed by atoms with E-state index in [0.29, 0.717) is 16.8 Å². The van der Waals surface area contributed by atoms with E-state index in [1.165, 1.54) is 0 Å². The number of phenols is 1. The largest absolute Gasteiger partial charge is 0.507 e. The molecular formula is C24H27N5O4. The maximum absolute atomic E-state index is 11.6. The summed E-state index contributed by atoms with van der Waals surface area (Å²) >= 11 is 0. The summed E-state index contributed by atoms with van der Waals surface area (Å²) in [4.78, 5) is 20.0. The van der Waals surface area contributed by atoms with Gasteiger partial charge < -0.3 is 25.1 Å². The van der Waals surface area contributed by atoms with Gasteiger partial charge in [-0.2, -0.15) is 5.10 Å². The molecule has 9 nitrogen and oxygen atoms in total. The van der Waals surface area contributed by atoms with Crippen LogP contribution in [0.1, 0.15) is 31.4 Å². The average Bonchev–Trinajstić information content (AvgIpc) is 3.45. The van der Waals surface area contributed by atoms with E-state index in [4.69, 9.17) is 4.98 Å². The first-order valence-electron chi connectivity index (χ1n) is 11.1. The topological polar surface area (TPSA) is 126 Å². The lowest BCUT2D eigenvalue weighted by Gasteiger charge is -2.41. The molecule has 2 aliphatic rings. The summed E-state index contributed by atoms with van der Waals surface area (Å²) in [6.07, 6.45) is 5.97. The Bertz CT molecular complexity index is 1150. The van der Waals surface area contributed by atoms with Crippen LogP contribution in [-0.2, 0) is 6.61 Å². The number of rotatable bonds is 5. The zero-order valence-electron chi connectivity index (χ0n) is 18.3. The minimum Gasteiger partial charge on any atom is -0.507 e. The van der Waals surface area contributed by atoms with Crippen LogP contribution in [-0.4, -0.2) is 66.7 Å². The molecule has 1 amide bonds. The lowest BCUT2D eigenvalue weighted by atomic mass is 9.96. The summed E-state index contributed by atoms with van der Waals surface area (Å²) in [5.41, 5.74) is 3.46. The van der Waals surface area contributed by atoms with Crippen molar-refractivity contribution in [2.45, 2.75) is 50.4 Å². The van der Waals surface area contributed by atoms with Crippen LogP contribution in [0.3, 0.4) is 0 Å². The normalized spacial score (nSPS) is 21.9. The summed E-state index contributed by atoms with van der Waals surface area (Å²) < 4.78 is 0. The van der Waals surface area contributed by atoms with E-state index in [9.17, 15) is 20.1 Å². The first-order valence-corrected chi connectivity index (χ1v) is 11.1. The molecule has 33 heavy (non-hydrogen) atoms. The summed E-state index contributed by atoms with van der Waals surface area (Å²) in [6, 6.07) is 9.44. The number of carbonyl (C=O) groups is 1. The van der Waals surface area contributed by atoms with Crippen LogP contribution in [0.5, 0.6) is 5.75 Å². The monoisotopic (exact) mass is 449 g/mol. The maximum atomic E-state index is 11.6. The Morgan fingerprint density at radius 1 is 1.15 bits per heavy atom. The third-order valence-corrected chi connectivity index (χ3v) is 7.07. The van der Waals surface area contributed by atoms with Crippen molar-refractivity contribution in [1.29, 1.82) is 0 Å². The van der Waals surface area contributed by atoms with Gasteiger partial charge in [-0.15, -0.1) is 0 Å². The summed E-state index contributed by atoms with van der Waals surface area (Å²) in [6.45, 7) is -0.261. The van der Waals surface area contributed by atoms with Gasteiger partial charge in [0.25, 0.3) is 0 Å². The highest BCUT2D eigenvalue weighted by Gasteiger charge is 2.44. The van der Waals surface area contributed by atoms with Gasteiger partial charge in [0.1, 0.15) is 11.6 Å². The number of hydrogen-bond acceptors (Lipinski definition) is 6. The van der Waals surface area contributed by atoms with Gasteiger partial charge in [0.2, 0.25) is 0 Å². The fourth-order valence-corrected chi connectivity index (χ4v) is 5.36. The number of aromatic hydroxyl groups is 1. The summed E-state index contributed by atoms with van der Waals surface area (Å²) in [5, 5.41) is 36.9. The van der Waals surface area contributed by atoms with Gasteiger partial charge in [-0.05, 0) is 55.5 Å². The molecule has 4 N–H and O–H groups in total. The molecule has 1 aromatic carbocycles. The van der Waals surface area contributed by atoms with Crippen molar-refractivity contribution >= 4 is 11.9 Å². The van der Waals surface area contributed by atoms with Crippen LogP contribution < -0.4 is 4.90 Å². The van der Waals surface area contributed by atoms with Gasteiger partial charge in [-0.25, -0.2) is 9.78 Å². The second kappa shape index (κ2) is 8.40. The molecule has 5 rings (SSSR count). The molecule has 0 saturated carbocycles. The van der Waals surface area contributed by atoms with Crippen molar-refractivity contribution in [3.05, 3.63) is 48.4 Å². The molecule has 0 aliphatic carbocycles. The first-order chi connectivity index (χ1) is 16.0. The van der Waals surface area contributed by atoms with E-state index in [2.05, 4.69) is 15.1 Å². The number of aliphatic hydroxyl groups excluding tert-OH is 1. The minimum atomic E-state index is -0.827. The van der Waals surface area contributed by atoms with Crippen molar-refractivity contribution in [3.63, 3.8) is 0 Å². The molecule has 4 heterocycles. The van der Waals surface area contributed by atoms with Crippen molar-refractivity contribution in [1.82, 2.24) is 20.1 Å². The number of nitrogens with zero attached hydrogens (tertiary/aromatic N) is 4. The Labute approximate surface area is 191 Å². The SMILES string of the molecule is CN(c1ccc(-c2ccc(-c3cn[nH]c3)cc2O)c(CO)n1)[C@@H]1C[C@H]2CC[C@@H](C1)N2C(=O)O. The van der Waals surface area contributed by atoms with E-state index in [-0.39, 0.29) is 30.5 Å². The number of aromatic nitrogens is 3. The predicted octanol–water partition coefficient (Wildman–Crippen LogP) is 3.45. The number of piperidine rings is 1. The number of H-pyrrole nitrogens is 1. The second-order valence-corrected chi connectivity index (χ2v) is 8.85. The Morgan fingerprint density at radius 2 is 1.88 bits per heavy atom. The highest BCUT2D eigenvalue weighted by Crippen LogP contribution is 2.39. The van der Waals surface area contributed by atoms with Gasteiger partial charge in [-0.3, -0.25) is 5.10 Å². The van der Waals surface area contributed by atoms with Gasteiger partial charge in [0.15, 0.2) is 0 Å². The van der Waals surface area contributed by atoms with Crippen LogP contribution in [0.2, 0.25) is 0 Å². The van der Waals surface area contributed by atoms with Gasteiger partial charge in [0, 0.05) is 48.1 Å². The third-order valence-electron chi connectivity index (χ3n) is 7.07. The number of pyridine rings is 1. The second-order valence-electron chi connectivity index (χ2n) is 8.85.